The monoisotopic (exact) mass is 308 g/mol. The van der Waals surface area contributed by atoms with Gasteiger partial charge in [-0.25, -0.2) is 13.2 Å². The molecular weight excluding hydrogens is 293 g/mol. The third-order valence-electron chi connectivity index (χ3n) is 3.34. The van der Waals surface area contributed by atoms with Crippen LogP contribution < -0.4 is 10.6 Å². The Balaban J connectivity index is 0.00000200. The molecular formula is C13H16ClF3N2O. The summed E-state index contributed by atoms with van der Waals surface area (Å²) in [5.74, 6) is -4.08. The van der Waals surface area contributed by atoms with Gasteiger partial charge < -0.3 is 10.6 Å². The lowest BCUT2D eigenvalue weighted by Gasteiger charge is -2.30. The van der Waals surface area contributed by atoms with Crippen LogP contribution in [0.4, 0.5) is 13.2 Å². The van der Waals surface area contributed by atoms with Gasteiger partial charge in [0.25, 0.3) is 5.91 Å². The zero-order valence-corrected chi connectivity index (χ0v) is 11.7. The summed E-state index contributed by atoms with van der Waals surface area (Å²) in [6, 6.07) is 0.867. The lowest BCUT2D eigenvalue weighted by Crippen LogP contribution is -2.48. The lowest BCUT2D eigenvalue weighted by atomic mass is 9.95. The summed E-state index contributed by atoms with van der Waals surface area (Å²) in [4.78, 5) is 11.9. The first-order chi connectivity index (χ1) is 8.99. The number of piperidine rings is 1. The van der Waals surface area contributed by atoms with Gasteiger partial charge in [-0.1, -0.05) is 6.92 Å². The highest BCUT2D eigenvalue weighted by molar-refractivity contribution is 5.95. The maximum absolute atomic E-state index is 13.5. The molecule has 2 N–H and O–H groups in total. The summed E-state index contributed by atoms with van der Waals surface area (Å²) in [5.41, 5.74) is -0.730. The van der Waals surface area contributed by atoms with Gasteiger partial charge in [-0.05, 0) is 25.4 Å². The minimum Gasteiger partial charge on any atom is -0.349 e. The van der Waals surface area contributed by atoms with Crippen LogP contribution >= 0.6 is 12.4 Å². The van der Waals surface area contributed by atoms with E-state index in [1.54, 1.807) is 0 Å². The van der Waals surface area contributed by atoms with Crippen molar-refractivity contribution in [2.45, 2.75) is 19.4 Å². The van der Waals surface area contributed by atoms with Crippen molar-refractivity contribution in [1.29, 1.82) is 0 Å². The van der Waals surface area contributed by atoms with Crippen LogP contribution in [-0.2, 0) is 0 Å². The summed E-state index contributed by atoms with van der Waals surface area (Å²) in [6.45, 7) is 3.41. The molecule has 1 saturated heterocycles. The molecule has 3 nitrogen and oxygen atoms in total. The SMILES string of the molecule is CC1CNCCC1NC(=O)c1c(F)cc(F)cc1F.Cl. The Hall–Kier alpha value is -1.27. The quantitative estimate of drug-likeness (QED) is 0.880. The van der Waals surface area contributed by atoms with Crippen molar-refractivity contribution in [3.63, 3.8) is 0 Å². The van der Waals surface area contributed by atoms with Gasteiger partial charge >= 0.3 is 0 Å². The van der Waals surface area contributed by atoms with Crippen LogP contribution in [0, 0.1) is 23.4 Å². The van der Waals surface area contributed by atoms with E-state index in [1.165, 1.54) is 0 Å². The highest BCUT2D eigenvalue weighted by Gasteiger charge is 2.26. The van der Waals surface area contributed by atoms with Crippen LogP contribution in [0.15, 0.2) is 12.1 Å². The number of hydrogen-bond acceptors (Lipinski definition) is 2. The first kappa shape index (κ1) is 16.8. The first-order valence-corrected chi connectivity index (χ1v) is 6.15. The van der Waals surface area contributed by atoms with Crippen molar-refractivity contribution in [2.24, 2.45) is 5.92 Å². The largest absolute Gasteiger partial charge is 0.349 e. The van der Waals surface area contributed by atoms with Crippen LogP contribution in [0.2, 0.25) is 0 Å². The van der Waals surface area contributed by atoms with E-state index in [0.29, 0.717) is 18.6 Å². The Morgan fingerprint density at radius 3 is 2.45 bits per heavy atom. The van der Waals surface area contributed by atoms with Gasteiger partial charge in [0.15, 0.2) is 0 Å². The normalized spacial score (nSPS) is 22.0. The molecule has 0 radical (unpaired) electrons. The molecule has 0 bridgehead atoms. The van der Waals surface area contributed by atoms with E-state index in [9.17, 15) is 18.0 Å². The molecule has 1 amide bonds. The second-order valence-electron chi connectivity index (χ2n) is 4.79. The lowest BCUT2D eigenvalue weighted by molar-refractivity contribution is 0.0905. The molecule has 1 aromatic carbocycles. The topological polar surface area (TPSA) is 41.1 Å². The fraction of sp³-hybridized carbons (Fsp3) is 0.462. The molecule has 1 aromatic rings. The maximum atomic E-state index is 13.5. The number of halogens is 4. The van der Waals surface area contributed by atoms with E-state index in [1.807, 2.05) is 6.92 Å². The molecule has 0 aliphatic carbocycles. The van der Waals surface area contributed by atoms with Crippen molar-refractivity contribution in [2.75, 3.05) is 13.1 Å². The number of nitrogens with one attached hydrogen (secondary N) is 2. The molecule has 20 heavy (non-hydrogen) atoms. The van der Waals surface area contributed by atoms with Crippen LogP contribution in [0.5, 0.6) is 0 Å². The zero-order valence-electron chi connectivity index (χ0n) is 10.9. The van der Waals surface area contributed by atoms with Gasteiger partial charge in [0.05, 0.1) is 0 Å². The molecule has 2 unspecified atom stereocenters. The summed E-state index contributed by atoms with van der Waals surface area (Å²) >= 11 is 0. The molecule has 1 aliphatic heterocycles. The van der Waals surface area contributed by atoms with Gasteiger partial charge in [-0.2, -0.15) is 0 Å². The highest BCUT2D eigenvalue weighted by atomic mass is 35.5. The van der Waals surface area contributed by atoms with E-state index in [2.05, 4.69) is 10.6 Å². The average molecular weight is 309 g/mol. The Morgan fingerprint density at radius 1 is 1.30 bits per heavy atom. The molecule has 0 saturated carbocycles. The van der Waals surface area contributed by atoms with E-state index in [4.69, 9.17) is 0 Å². The Morgan fingerprint density at radius 2 is 1.90 bits per heavy atom. The van der Waals surface area contributed by atoms with E-state index in [-0.39, 0.29) is 24.4 Å². The molecule has 7 heteroatoms. The summed E-state index contributed by atoms with van der Waals surface area (Å²) in [7, 11) is 0. The van der Waals surface area contributed by atoms with Gasteiger partial charge in [0.1, 0.15) is 23.0 Å². The van der Waals surface area contributed by atoms with Gasteiger partial charge in [0.2, 0.25) is 0 Å². The van der Waals surface area contributed by atoms with Gasteiger partial charge in [-0.3, -0.25) is 4.79 Å². The number of benzene rings is 1. The number of carbonyl (C=O) groups excluding carboxylic acids is 1. The van der Waals surface area contributed by atoms with Crippen molar-refractivity contribution < 1.29 is 18.0 Å². The molecule has 0 spiro atoms. The van der Waals surface area contributed by atoms with E-state index < -0.39 is 28.9 Å². The zero-order chi connectivity index (χ0) is 14.0. The van der Waals surface area contributed by atoms with Crippen LogP contribution in [0.3, 0.4) is 0 Å². The molecule has 0 aromatic heterocycles. The number of carbonyl (C=O) groups is 1. The summed E-state index contributed by atoms with van der Waals surface area (Å²) in [5, 5.41) is 5.76. The predicted octanol–water partition coefficient (Wildman–Crippen LogP) is 2.25. The van der Waals surface area contributed by atoms with Crippen molar-refractivity contribution >= 4 is 18.3 Å². The number of amides is 1. The van der Waals surface area contributed by atoms with Crippen molar-refractivity contribution in [3.8, 4) is 0 Å². The molecule has 2 atom stereocenters. The Kier molecular flexibility index (Phi) is 5.83. The number of hydrogen-bond donors (Lipinski definition) is 2. The maximum Gasteiger partial charge on any atom is 0.257 e. The van der Waals surface area contributed by atoms with Gasteiger partial charge in [0, 0.05) is 18.2 Å². The first-order valence-electron chi connectivity index (χ1n) is 6.15. The smallest absolute Gasteiger partial charge is 0.257 e. The summed E-state index contributed by atoms with van der Waals surface area (Å²) < 4.78 is 39.7. The van der Waals surface area contributed by atoms with Crippen molar-refractivity contribution in [3.05, 3.63) is 35.1 Å². The van der Waals surface area contributed by atoms with E-state index >= 15 is 0 Å². The average Bonchev–Trinajstić information content (AvgIpc) is 2.30. The fourth-order valence-electron chi connectivity index (χ4n) is 2.23. The van der Waals surface area contributed by atoms with Crippen molar-refractivity contribution in [1.82, 2.24) is 10.6 Å². The fourth-order valence-corrected chi connectivity index (χ4v) is 2.23. The molecule has 112 valence electrons. The van der Waals surface area contributed by atoms with Crippen LogP contribution in [-0.4, -0.2) is 25.0 Å². The number of rotatable bonds is 2. The summed E-state index contributed by atoms with van der Waals surface area (Å²) in [6.07, 6.45) is 0.692. The second kappa shape index (κ2) is 6.95. The minimum atomic E-state index is -1.18. The standard InChI is InChI=1S/C13H15F3N2O.ClH/c1-7-6-17-3-2-11(7)18-13(19)12-9(15)4-8(14)5-10(12)16;/h4-5,7,11,17H,2-3,6H2,1H3,(H,18,19);1H. The Labute approximate surface area is 121 Å². The highest BCUT2D eigenvalue weighted by Crippen LogP contribution is 2.17. The molecule has 1 aliphatic rings. The molecule has 1 fully saturated rings. The minimum absolute atomic E-state index is 0. The second-order valence-corrected chi connectivity index (χ2v) is 4.79. The predicted molar refractivity (Wildman–Crippen MR) is 71.5 cm³/mol. The van der Waals surface area contributed by atoms with Crippen LogP contribution in [0.1, 0.15) is 23.7 Å². The van der Waals surface area contributed by atoms with Gasteiger partial charge in [-0.15, -0.1) is 12.4 Å². The molecule has 2 rings (SSSR count). The third-order valence-corrected chi connectivity index (χ3v) is 3.34. The van der Waals surface area contributed by atoms with Crippen LogP contribution in [0.25, 0.3) is 0 Å². The van der Waals surface area contributed by atoms with E-state index in [0.717, 1.165) is 13.1 Å². The molecule has 1 heterocycles. The third kappa shape index (κ3) is 3.64. The Bertz CT molecular complexity index is 475.